The second kappa shape index (κ2) is 9.74. The molecule has 11 heteroatoms. The molecule has 1 saturated carbocycles. The minimum absolute atomic E-state index is 0.0526. The molecular formula is C24H27N3O7S. The minimum atomic E-state index is -4.33. The van der Waals surface area contributed by atoms with E-state index in [1.54, 1.807) is 0 Å². The van der Waals surface area contributed by atoms with Crippen molar-refractivity contribution in [2.24, 2.45) is 0 Å². The Balaban J connectivity index is 1.56. The predicted octanol–water partition coefficient (Wildman–Crippen LogP) is 2.48. The molecule has 1 heterocycles. The standard InChI is InChI=1S/C24H27N3O7S/c1-16-23(28)25(13-14-26(16)35(32,33)22-6-4-3-5-20(22)27(30)31)21(24(29)34-2)15-17-7-9-18(10-8-17)19-11-12-19/h3-10,16,19,21H,11-15H2,1-2H3/t16-,21-/m0/s1. The molecule has 0 bridgehead atoms. The van der Waals surface area contributed by atoms with Crippen LogP contribution >= 0.6 is 0 Å². The number of carbonyl (C=O) groups excluding carboxylic acids is 2. The van der Waals surface area contributed by atoms with Gasteiger partial charge in [-0.1, -0.05) is 36.4 Å². The number of piperazine rings is 1. The molecule has 10 nitrogen and oxygen atoms in total. The minimum Gasteiger partial charge on any atom is -0.467 e. The number of hydrogen-bond acceptors (Lipinski definition) is 7. The topological polar surface area (TPSA) is 127 Å². The number of rotatable bonds is 8. The molecule has 35 heavy (non-hydrogen) atoms. The van der Waals surface area contributed by atoms with E-state index >= 15 is 0 Å². The Kier molecular flexibility index (Phi) is 6.91. The number of sulfonamides is 1. The molecule has 2 aromatic carbocycles. The predicted molar refractivity (Wildman–Crippen MR) is 126 cm³/mol. The number of esters is 1. The van der Waals surface area contributed by atoms with E-state index in [-0.39, 0.29) is 19.5 Å². The van der Waals surface area contributed by atoms with Gasteiger partial charge in [-0.15, -0.1) is 0 Å². The summed E-state index contributed by atoms with van der Waals surface area (Å²) in [5.41, 5.74) is 1.55. The summed E-state index contributed by atoms with van der Waals surface area (Å²) in [5, 5.41) is 11.4. The molecule has 1 saturated heterocycles. The smallest absolute Gasteiger partial charge is 0.328 e. The Morgan fingerprint density at radius 1 is 1.14 bits per heavy atom. The third-order valence-electron chi connectivity index (χ3n) is 6.59. The molecule has 0 spiro atoms. The Labute approximate surface area is 203 Å². The number of benzene rings is 2. The van der Waals surface area contributed by atoms with Crippen LogP contribution in [0.3, 0.4) is 0 Å². The van der Waals surface area contributed by atoms with Gasteiger partial charge in [0.05, 0.1) is 12.0 Å². The lowest BCUT2D eigenvalue weighted by molar-refractivity contribution is -0.387. The van der Waals surface area contributed by atoms with Crippen molar-refractivity contribution in [3.63, 3.8) is 0 Å². The summed E-state index contributed by atoms with van der Waals surface area (Å²) in [7, 11) is -3.09. The first-order valence-electron chi connectivity index (χ1n) is 11.4. The van der Waals surface area contributed by atoms with E-state index in [0.717, 1.165) is 22.0 Å². The van der Waals surface area contributed by atoms with Crippen molar-refractivity contribution in [1.82, 2.24) is 9.21 Å². The van der Waals surface area contributed by atoms with Crippen molar-refractivity contribution >= 4 is 27.6 Å². The highest BCUT2D eigenvalue weighted by Gasteiger charge is 2.44. The van der Waals surface area contributed by atoms with Crippen LogP contribution in [-0.2, 0) is 30.8 Å². The van der Waals surface area contributed by atoms with E-state index in [1.807, 2.05) is 24.3 Å². The summed E-state index contributed by atoms with van der Waals surface area (Å²) in [6.07, 6.45) is 2.58. The lowest BCUT2D eigenvalue weighted by atomic mass is 10.0. The maximum Gasteiger partial charge on any atom is 0.328 e. The summed E-state index contributed by atoms with van der Waals surface area (Å²) < 4.78 is 32.5. The number of amides is 1. The maximum absolute atomic E-state index is 13.3. The van der Waals surface area contributed by atoms with Crippen molar-refractivity contribution in [1.29, 1.82) is 0 Å². The molecule has 1 aliphatic carbocycles. The number of nitrogens with zero attached hydrogens (tertiary/aromatic N) is 3. The molecule has 1 aliphatic heterocycles. The van der Waals surface area contributed by atoms with Gasteiger partial charge in [-0.3, -0.25) is 14.9 Å². The number of hydrogen-bond donors (Lipinski definition) is 0. The van der Waals surface area contributed by atoms with Crippen LogP contribution in [0, 0.1) is 10.1 Å². The molecule has 2 aromatic rings. The van der Waals surface area contributed by atoms with Crippen molar-refractivity contribution in [3.05, 3.63) is 69.8 Å². The lowest BCUT2D eigenvalue weighted by Crippen LogP contribution is -2.61. The molecule has 0 N–H and O–H groups in total. The SMILES string of the molecule is COC(=O)[C@H](Cc1ccc(C2CC2)cc1)N1CCN(S(=O)(=O)c2ccccc2[N+](=O)[O-])[C@@H](C)C1=O. The Morgan fingerprint density at radius 3 is 2.40 bits per heavy atom. The second-order valence-electron chi connectivity index (χ2n) is 8.81. The van der Waals surface area contributed by atoms with Crippen LogP contribution in [0.5, 0.6) is 0 Å². The zero-order valence-electron chi connectivity index (χ0n) is 19.5. The van der Waals surface area contributed by atoms with Gasteiger partial charge in [-0.05, 0) is 42.9 Å². The third kappa shape index (κ3) is 4.92. The fourth-order valence-electron chi connectivity index (χ4n) is 4.49. The Bertz CT molecular complexity index is 1240. The Hall–Kier alpha value is -3.31. The fraction of sp³-hybridized carbons (Fsp3) is 0.417. The molecule has 4 rings (SSSR count). The summed E-state index contributed by atoms with van der Waals surface area (Å²) in [6, 6.07) is 10.9. The zero-order chi connectivity index (χ0) is 25.3. The van der Waals surface area contributed by atoms with E-state index < -0.39 is 49.5 Å². The van der Waals surface area contributed by atoms with Gasteiger partial charge in [0.1, 0.15) is 12.1 Å². The first kappa shape index (κ1) is 24.8. The molecule has 2 fully saturated rings. The van der Waals surface area contributed by atoms with E-state index in [0.29, 0.717) is 5.92 Å². The molecule has 0 radical (unpaired) electrons. The van der Waals surface area contributed by atoms with Crippen LogP contribution in [0.2, 0.25) is 0 Å². The van der Waals surface area contributed by atoms with E-state index in [4.69, 9.17) is 4.74 Å². The van der Waals surface area contributed by atoms with E-state index in [9.17, 15) is 28.1 Å². The van der Waals surface area contributed by atoms with Gasteiger partial charge in [0.15, 0.2) is 4.90 Å². The number of nitro groups is 1. The van der Waals surface area contributed by atoms with E-state index in [1.165, 1.54) is 49.5 Å². The number of ether oxygens (including phenoxy) is 1. The van der Waals surface area contributed by atoms with Crippen LogP contribution in [0.1, 0.15) is 36.8 Å². The number of carbonyl (C=O) groups is 2. The van der Waals surface area contributed by atoms with Crippen molar-refractivity contribution < 1.29 is 27.7 Å². The van der Waals surface area contributed by atoms with Crippen molar-refractivity contribution in [2.75, 3.05) is 20.2 Å². The quantitative estimate of drug-likeness (QED) is 0.309. The number of methoxy groups -OCH3 is 1. The molecule has 186 valence electrons. The van der Waals surface area contributed by atoms with Gasteiger partial charge in [0, 0.05) is 25.6 Å². The summed E-state index contributed by atoms with van der Waals surface area (Å²) in [4.78, 5) is 37.4. The van der Waals surface area contributed by atoms with Crippen LogP contribution in [0.25, 0.3) is 0 Å². The van der Waals surface area contributed by atoms with Gasteiger partial charge in [0.2, 0.25) is 5.91 Å². The van der Waals surface area contributed by atoms with Crippen LogP contribution < -0.4 is 0 Å². The first-order chi connectivity index (χ1) is 16.6. The second-order valence-corrected chi connectivity index (χ2v) is 10.7. The molecule has 1 amide bonds. The number of para-hydroxylation sites is 1. The first-order valence-corrected chi connectivity index (χ1v) is 12.8. The molecule has 2 aliphatic rings. The molecular weight excluding hydrogens is 474 g/mol. The van der Waals surface area contributed by atoms with Gasteiger partial charge >= 0.3 is 5.97 Å². The monoisotopic (exact) mass is 501 g/mol. The maximum atomic E-state index is 13.3. The van der Waals surface area contributed by atoms with Crippen molar-refractivity contribution in [2.45, 2.75) is 49.1 Å². The zero-order valence-corrected chi connectivity index (χ0v) is 20.3. The highest BCUT2D eigenvalue weighted by atomic mass is 32.2. The highest BCUT2D eigenvalue weighted by molar-refractivity contribution is 7.89. The summed E-state index contributed by atoms with van der Waals surface area (Å²) >= 11 is 0. The normalized spacial score (nSPS) is 19.9. The highest BCUT2D eigenvalue weighted by Crippen LogP contribution is 2.40. The van der Waals surface area contributed by atoms with Crippen LogP contribution in [-0.4, -0.2) is 66.7 Å². The van der Waals surface area contributed by atoms with Gasteiger partial charge in [-0.25, -0.2) is 13.2 Å². The van der Waals surface area contributed by atoms with Crippen LogP contribution in [0.15, 0.2) is 53.4 Å². The molecule has 2 atom stereocenters. The van der Waals surface area contributed by atoms with E-state index in [2.05, 4.69) is 0 Å². The average Bonchev–Trinajstić information content (AvgIpc) is 3.70. The molecule has 0 unspecified atom stereocenters. The molecule has 0 aromatic heterocycles. The van der Waals surface area contributed by atoms with Gasteiger partial charge in [-0.2, -0.15) is 4.31 Å². The summed E-state index contributed by atoms with van der Waals surface area (Å²) in [6.45, 7) is 1.25. The Morgan fingerprint density at radius 2 is 1.80 bits per heavy atom. The fourth-order valence-corrected chi connectivity index (χ4v) is 6.22. The average molecular weight is 502 g/mol. The van der Waals surface area contributed by atoms with Crippen molar-refractivity contribution in [3.8, 4) is 0 Å². The lowest BCUT2D eigenvalue weighted by Gasteiger charge is -2.41. The number of nitro benzene ring substituents is 1. The van der Waals surface area contributed by atoms with Crippen LogP contribution in [0.4, 0.5) is 5.69 Å². The third-order valence-corrected chi connectivity index (χ3v) is 8.61. The summed E-state index contributed by atoms with van der Waals surface area (Å²) in [5.74, 6) is -0.561. The van der Waals surface area contributed by atoms with Gasteiger partial charge in [0.25, 0.3) is 15.7 Å². The largest absolute Gasteiger partial charge is 0.467 e. The van der Waals surface area contributed by atoms with Gasteiger partial charge < -0.3 is 9.64 Å².